The van der Waals surface area contributed by atoms with Crippen molar-refractivity contribution < 1.29 is 10.2 Å². The van der Waals surface area contributed by atoms with Gasteiger partial charge in [0.15, 0.2) is 0 Å². The molecule has 1 saturated carbocycles. The number of aliphatic hydroxyl groups excluding tert-OH is 2. The van der Waals surface area contributed by atoms with Gasteiger partial charge in [-0.25, -0.2) is 0 Å². The second-order valence-corrected chi connectivity index (χ2v) is 4.86. The Bertz CT molecular complexity index is 155. The van der Waals surface area contributed by atoms with E-state index in [9.17, 15) is 5.11 Å². The molecule has 1 fully saturated rings. The van der Waals surface area contributed by atoms with Crippen molar-refractivity contribution in [2.75, 3.05) is 19.7 Å². The van der Waals surface area contributed by atoms with Crippen LogP contribution in [0.1, 0.15) is 26.7 Å². The van der Waals surface area contributed by atoms with Gasteiger partial charge >= 0.3 is 0 Å². The lowest BCUT2D eigenvalue weighted by molar-refractivity contribution is 0.127. The van der Waals surface area contributed by atoms with E-state index in [1.54, 1.807) is 0 Å². The highest BCUT2D eigenvalue weighted by Gasteiger charge is 2.29. The lowest BCUT2D eigenvalue weighted by atomic mass is 9.95. The molecule has 0 radical (unpaired) electrons. The molecule has 3 N–H and O–H groups in total. The van der Waals surface area contributed by atoms with Crippen molar-refractivity contribution in [2.45, 2.75) is 32.8 Å². The lowest BCUT2D eigenvalue weighted by Gasteiger charge is -2.22. The molecule has 3 nitrogen and oxygen atoms in total. The molecule has 0 aliphatic heterocycles. The second-order valence-electron chi connectivity index (χ2n) is 4.86. The molecule has 0 aromatic rings. The van der Waals surface area contributed by atoms with Crippen molar-refractivity contribution in [1.29, 1.82) is 0 Å². The number of hydrogen-bond donors (Lipinski definition) is 3. The summed E-state index contributed by atoms with van der Waals surface area (Å²) in [7, 11) is 0. The van der Waals surface area contributed by atoms with Crippen molar-refractivity contribution in [3.63, 3.8) is 0 Å². The third-order valence-corrected chi connectivity index (χ3v) is 2.55. The lowest BCUT2D eigenvalue weighted by Crippen LogP contribution is -2.37. The summed E-state index contributed by atoms with van der Waals surface area (Å²) >= 11 is 0. The molecule has 13 heavy (non-hydrogen) atoms. The highest BCUT2D eigenvalue weighted by Crippen LogP contribution is 2.32. The Kier molecular flexibility index (Phi) is 3.71. The van der Waals surface area contributed by atoms with Crippen molar-refractivity contribution in [1.82, 2.24) is 5.32 Å². The Morgan fingerprint density at radius 3 is 2.54 bits per heavy atom. The Morgan fingerprint density at radius 2 is 2.08 bits per heavy atom. The van der Waals surface area contributed by atoms with Crippen LogP contribution in [-0.4, -0.2) is 36.0 Å². The first-order chi connectivity index (χ1) is 6.05. The quantitative estimate of drug-likeness (QED) is 0.563. The molecule has 0 spiro atoms. The minimum atomic E-state index is -0.186. The molecule has 0 amide bonds. The molecule has 1 aliphatic rings. The summed E-state index contributed by atoms with van der Waals surface area (Å²) in [6.45, 7) is 5.61. The SMILES string of the molecule is CC(C)(CO)CNCC(O)C1CC1. The maximum atomic E-state index is 9.53. The van der Waals surface area contributed by atoms with Crippen LogP contribution < -0.4 is 5.32 Å². The zero-order chi connectivity index (χ0) is 9.90. The Balaban J connectivity index is 2.05. The Labute approximate surface area is 80.2 Å². The number of nitrogens with one attached hydrogen (secondary N) is 1. The van der Waals surface area contributed by atoms with E-state index in [-0.39, 0.29) is 18.1 Å². The average Bonchev–Trinajstić information content (AvgIpc) is 2.86. The number of rotatable bonds is 6. The van der Waals surface area contributed by atoms with E-state index >= 15 is 0 Å². The minimum Gasteiger partial charge on any atom is -0.396 e. The third kappa shape index (κ3) is 4.07. The second kappa shape index (κ2) is 4.40. The Morgan fingerprint density at radius 1 is 1.46 bits per heavy atom. The first-order valence-electron chi connectivity index (χ1n) is 5.05. The highest BCUT2D eigenvalue weighted by atomic mass is 16.3. The fourth-order valence-corrected chi connectivity index (χ4v) is 1.26. The van der Waals surface area contributed by atoms with Gasteiger partial charge in [0, 0.05) is 25.1 Å². The topological polar surface area (TPSA) is 52.5 Å². The third-order valence-electron chi connectivity index (χ3n) is 2.55. The smallest absolute Gasteiger partial charge is 0.0692 e. The summed E-state index contributed by atoms with van der Waals surface area (Å²) in [6.07, 6.45) is 2.16. The van der Waals surface area contributed by atoms with Crippen LogP contribution in [0.3, 0.4) is 0 Å². The molecule has 3 heteroatoms. The summed E-state index contributed by atoms with van der Waals surface area (Å²) in [5, 5.41) is 21.7. The van der Waals surface area contributed by atoms with E-state index in [1.807, 2.05) is 13.8 Å². The van der Waals surface area contributed by atoms with E-state index in [0.29, 0.717) is 12.5 Å². The summed E-state index contributed by atoms with van der Waals surface area (Å²) in [4.78, 5) is 0. The van der Waals surface area contributed by atoms with E-state index in [2.05, 4.69) is 5.32 Å². The molecule has 1 unspecified atom stereocenters. The molecule has 1 aliphatic carbocycles. The minimum absolute atomic E-state index is 0.0801. The van der Waals surface area contributed by atoms with Crippen molar-refractivity contribution in [3.8, 4) is 0 Å². The summed E-state index contributed by atoms with van der Waals surface area (Å²) < 4.78 is 0. The molecule has 1 atom stereocenters. The largest absolute Gasteiger partial charge is 0.396 e. The first-order valence-corrected chi connectivity index (χ1v) is 5.05. The molecule has 0 bridgehead atoms. The predicted octanol–water partition coefficient (Wildman–Crippen LogP) is 0.365. The van der Waals surface area contributed by atoms with Crippen LogP contribution >= 0.6 is 0 Å². The van der Waals surface area contributed by atoms with Gasteiger partial charge in [-0.05, 0) is 18.8 Å². The maximum Gasteiger partial charge on any atom is 0.0692 e. The van der Waals surface area contributed by atoms with Gasteiger partial charge in [0.25, 0.3) is 0 Å². The first kappa shape index (κ1) is 11.0. The molecule has 78 valence electrons. The highest BCUT2D eigenvalue weighted by molar-refractivity contribution is 4.82. The standard InChI is InChI=1S/C10H21NO2/c1-10(2,7-12)6-11-5-9(13)8-3-4-8/h8-9,11-13H,3-7H2,1-2H3. The zero-order valence-electron chi connectivity index (χ0n) is 8.58. The van der Waals surface area contributed by atoms with Gasteiger partial charge < -0.3 is 15.5 Å². The van der Waals surface area contributed by atoms with Gasteiger partial charge in [-0.2, -0.15) is 0 Å². The van der Waals surface area contributed by atoms with Gasteiger partial charge in [0.2, 0.25) is 0 Å². The van der Waals surface area contributed by atoms with Crippen LogP contribution in [0.25, 0.3) is 0 Å². The number of hydrogen-bond acceptors (Lipinski definition) is 3. The van der Waals surface area contributed by atoms with E-state index in [1.165, 1.54) is 12.8 Å². The average molecular weight is 187 g/mol. The molecule has 1 rings (SSSR count). The van der Waals surface area contributed by atoms with Crippen LogP contribution in [0, 0.1) is 11.3 Å². The fourth-order valence-electron chi connectivity index (χ4n) is 1.26. The van der Waals surface area contributed by atoms with Crippen LogP contribution in [0.4, 0.5) is 0 Å². The van der Waals surface area contributed by atoms with Crippen LogP contribution in [0.2, 0.25) is 0 Å². The molecule has 0 aromatic heterocycles. The van der Waals surface area contributed by atoms with Crippen LogP contribution in [0.15, 0.2) is 0 Å². The summed E-state index contributed by atoms with van der Waals surface area (Å²) in [6, 6.07) is 0. The molecular formula is C10H21NO2. The van der Waals surface area contributed by atoms with Gasteiger partial charge in [-0.15, -0.1) is 0 Å². The fraction of sp³-hybridized carbons (Fsp3) is 1.00. The van der Waals surface area contributed by atoms with Crippen molar-refractivity contribution in [3.05, 3.63) is 0 Å². The van der Waals surface area contributed by atoms with Crippen LogP contribution in [-0.2, 0) is 0 Å². The van der Waals surface area contributed by atoms with E-state index < -0.39 is 0 Å². The molecular weight excluding hydrogens is 166 g/mol. The molecule has 0 aromatic carbocycles. The van der Waals surface area contributed by atoms with Crippen molar-refractivity contribution in [2.24, 2.45) is 11.3 Å². The molecule has 0 heterocycles. The summed E-state index contributed by atoms with van der Waals surface area (Å²) in [5.74, 6) is 0.532. The van der Waals surface area contributed by atoms with E-state index in [4.69, 9.17) is 5.11 Å². The van der Waals surface area contributed by atoms with Crippen molar-refractivity contribution >= 4 is 0 Å². The summed E-state index contributed by atoms with van der Waals surface area (Å²) in [5.41, 5.74) is -0.0801. The number of aliphatic hydroxyl groups is 2. The van der Waals surface area contributed by atoms with Gasteiger partial charge in [0.05, 0.1) is 6.10 Å². The maximum absolute atomic E-state index is 9.53. The van der Waals surface area contributed by atoms with Gasteiger partial charge in [-0.1, -0.05) is 13.8 Å². The van der Waals surface area contributed by atoms with Gasteiger partial charge in [-0.3, -0.25) is 0 Å². The van der Waals surface area contributed by atoms with E-state index in [0.717, 1.165) is 6.54 Å². The Hall–Kier alpha value is -0.120. The normalized spacial score (nSPS) is 20.3. The predicted molar refractivity (Wildman–Crippen MR) is 52.5 cm³/mol. The molecule has 0 saturated heterocycles. The van der Waals surface area contributed by atoms with Gasteiger partial charge in [0.1, 0.15) is 0 Å². The zero-order valence-corrected chi connectivity index (χ0v) is 8.58. The van der Waals surface area contributed by atoms with Crippen LogP contribution in [0.5, 0.6) is 0 Å². The monoisotopic (exact) mass is 187 g/mol.